The van der Waals surface area contributed by atoms with E-state index in [1.54, 1.807) is 4.90 Å². The number of carbonyl (C=O) groups excluding carboxylic acids is 1. The number of nitrogens with zero attached hydrogens (tertiary/aromatic N) is 1. The predicted octanol–water partition coefficient (Wildman–Crippen LogP) is 3.54. The SMILES string of the molecule is Cc1c(OC2CCN(C(=O)OC(C)(C)C)CC2)ccc2c1OCCO2. The van der Waals surface area contributed by atoms with Crippen LogP contribution in [0.25, 0.3) is 0 Å². The lowest BCUT2D eigenvalue weighted by atomic mass is 10.1. The molecule has 0 unspecified atom stereocenters. The van der Waals surface area contributed by atoms with Crippen LogP contribution in [0.15, 0.2) is 12.1 Å². The van der Waals surface area contributed by atoms with E-state index in [1.807, 2.05) is 39.8 Å². The molecule has 0 aromatic heterocycles. The normalized spacial score (nSPS) is 18.0. The maximum absolute atomic E-state index is 12.1. The molecule has 0 radical (unpaired) electrons. The first kappa shape index (κ1) is 17.7. The Morgan fingerprint density at radius 1 is 1.16 bits per heavy atom. The van der Waals surface area contributed by atoms with E-state index in [4.69, 9.17) is 18.9 Å². The number of hydrogen-bond acceptors (Lipinski definition) is 5. The van der Waals surface area contributed by atoms with Gasteiger partial charge in [-0.15, -0.1) is 0 Å². The average molecular weight is 349 g/mol. The van der Waals surface area contributed by atoms with E-state index in [1.165, 1.54) is 0 Å². The Kier molecular flexibility index (Phi) is 4.97. The van der Waals surface area contributed by atoms with Crippen LogP contribution >= 0.6 is 0 Å². The van der Waals surface area contributed by atoms with Gasteiger partial charge < -0.3 is 23.8 Å². The van der Waals surface area contributed by atoms with Crippen LogP contribution in [0.3, 0.4) is 0 Å². The largest absolute Gasteiger partial charge is 0.490 e. The molecule has 0 saturated carbocycles. The van der Waals surface area contributed by atoms with Gasteiger partial charge in [0.2, 0.25) is 0 Å². The number of benzene rings is 1. The van der Waals surface area contributed by atoms with Crippen LogP contribution < -0.4 is 14.2 Å². The third-order valence-corrected chi connectivity index (χ3v) is 4.29. The fourth-order valence-electron chi connectivity index (χ4n) is 3.03. The maximum Gasteiger partial charge on any atom is 0.410 e. The lowest BCUT2D eigenvalue weighted by Crippen LogP contribution is -2.44. The molecule has 138 valence electrons. The van der Waals surface area contributed by atoms with Gasteiger partial charge in [0.1, 0.15) is 30.7 Å². The van der Waals surface area contributed by atoms with Crippen molar-refractivity contribution >= 4 is 6.09 Å². The van der Waals surface area contributed by atoms with Gasteiger partial charge in [-0.25, -0.2) is 4.79 Å². The molecule has 1 fully saturated rings. The first-order chi connectivity index (χ1) is 11.8. The zero-order valence-electron chi connectivity index (χ0n) is 15.5. The van der Waals surface area contributed by atoms with Crippen molar-refractivity contribution in [3.63, 3.8) is 0 Å². The molecule has 0 aliphatic carbocycles. The van der Waals surface area contributed by atoms with Crippen molar-refractivity contribution in [2.24, 2.45) is 0 Å². The fraction of sp³-hybridized carbons (Fsp3) is 0.632. The van der Waals surface area contributed by atoms with E-state index in [2.05, 4.69) is 0 Å². The van der Waals surface area contributed by atoms with Gasteiger partial charge in [0.25, 0.3) is 0 Å². The van der Waals surface area contributed by atoms with Gasteiger partial charge in [0, 0.05) is 31.5 Å². The summed E-state index contributed by atoms with van der Waals surface area (Å²) in [5, 5.41) is 0. The highest BCUT2D eigenvalue weighted by atomic mass is 16.6. The van der Waals surface area contributed by atoms with E-state index in [-0.39, 0.29) is 12.2 Å². The highest BCUT2D eigenvalue weighted by Crippen LogP contribution is 2.39. The lowest BCUT2D eigenvalue weighted by Gasteiger charge is -2.34. The average Bonchev–Trinajstić information content (AvgIpc) is 2.57. The molecule has 3 rings (SSSR count). The zero-order chi connectivity index (χ0) is 18.0. The van der Waals surface area contributed by atoms with Crippen molar-refractivity contribution in [1.29, 1.82) is 0 Å². The van der Waals surface area contributed by atoms with Crippen LogP contribution in [0.2, 0.25) is 0 Å². The minimum absolute atomic E-state index is 0.0833. The second-order valence-electron chi connectivity index (χ2n) is 7.50. The van der Waals surface area contributed by atoms with E-state index < -0.39 is 5.60 Å². The second kappa shape index (κ2) is 7.02. The number of hydrogen-bond donors (Lipinski definition) is 0. The van der Waals surface area contributed by atoms with Crippen molar-refractivity contribution in [2.45, 2.75) is 52.2 Å². The standard InChI is InChI=1S/C19H27NO5/c1-13-15(5-6-16-17(13)23-12-11-22-16)24-14-7-9-20(10-8-14)18(21)25-19(2,3)4/h5-6,14H,7-12H2,1-4H3. The van der Waals surface area contributed by atoms with E-state index in [9.17, 15) is 4.79 Å². The second-order valence-corrected chi connectivity index (χ2v) is 7.50. The third kappa shape index (κ3) is 4.30. The molecule has 1 saturated heterocycles. The zero-order valence-corrected chi connectivity index (χ0v) is 15.5. The first-order valence-electron chi connectivity index (χ1n) is 8.87. The predicted molar refractivity (Wildman–Crippen MR) is 93.6 cm³/mol. The van der Waals surface area contributed by atoms with Gasteiger partial charge in [0.15, 0.2) is 11.5 Å². The topological polar surface area (TPSA) is 57.2 Å². The molecule has 1 amide bonds. The molecule has 1 aromatic rings. The summed E-state index contributed by atoms with van der Waals surface area (Å²) in [6.45, 7) is 10.1. The number of amides is 1. The number of ether oxygens (including phenoxy) is 4. The van der Waals surface area contributed by atoms with Crippen LogP contribution in [-0.4, -0.2) is 49.0 Å². The summed E-state index contributed by atoms with van der Waals surface area (Å²) in [7, 11) is 0. The van der Waals surface area contributed by atoms with Gasteiger partial charge in [-0.3, -0.25) is 0 Å². The van der Waals surface area contributed by atoms with Gasteiger partial charge in [-0.2, -0.15) is 0 Å². The van der Waals surface area contributed by atoms with Crippen molar-refractivity contribution in [1.82, 2.24) is 4.90 Å². The molecule has 0 N–H and O–H groups in total. The maximum atomic E-state index is 12.1. The Morgan fingerprint density at radius 3 is 2.52 bits per heavy atom. The van der Waals surface area contributed by atoms with Crippen LogP contribution in [-0.2, 0) is 4.74 Å². The monoisotopic (exact) mass is 349 g/mol. The Bertz CT molecular complexity index is 629. The molecular formula is C19H27NO5. The molecule has 2 aliphatic rings. The Hall–Kier alpha value is -2.11. The molecule has 0 spiro atoms. The van der Waals surface area contributed by atoms with E-state index in [0.29, 0.717) is 26.3 Å². The molecule has 2 heterocycles. The minimum atomic E-state index is -0.466. The smallest absolute Gasteiger partial charge is 0.410 e. The molecule has 2 aliphatic heterocycles. The van der Waals surface area contributed by atoms with Gasteiger partial charge >= 0.3 is 6.09 Å². The summed E-state index contributed by atoms with van der Waals surface area (Å²) in [4.78, 5) is 13.9. The van der Waals surface area contributed by atoms with Crippen molar-refractivity contribution in [3.8, 4) is 17.2 Å². The van der Waals surface area contributed by atoms with Gasteiger partial charge in [0.05, 0.1) is 0 Å². The molecule has 0 bridgehead atoms. The lowest BCUT2D eigenvalue weighted by molar-refractivity contribution is 0.0125. The minimum Gasteiger partial charge on any atom is -0.490 e. The summed E-state index contributed by atoms with van der Waals surface area (Å²) in [6.07, 6.45) is 1.40. The van der Waals surface area contributed by atoms with Crippen molar-refractivity contribution < 1.29 is 23.7 Å². The van der Waals surface area contributed by atoms with Gasteiger partial charge in [-0.1, -0.05) is 0 Å². The summed E-state index contributed by atoms with van der Waals surface area (Å²) in [5.41, 5.74) is 0.499. The summed E-state index contributed by atoms with van der Waals surface area (Å²) in [6, 6.07) is 3.83. The fourth-order valence-corrected chi connectivity index (χ4v) is 3.03. The van der Waals surface area contributed by atoms with Crippen molar-refractivity contribution in [2.75, 3.05) is 26.3 Å². The van der Waals surface area contributed by atoms with E-state index >= 15 is 0 Å². The Balaban J connectivity index is 1.57. The van der Waals surface area contributed by atoms with Crippen molar-refractivity contribution in [3.05, 3.63) is 17.7 Å². The van der Waals surface area contributed by atoms with Crippen LogP contribution in [0.1, 0.15) is 39.2 Å². The highest BCUT2D eigenvalue weighted by molar-refractivity contribution is 5.68. The Labute approximate surface area is 149 Å². The van der Waals surface area contributed by atoms with Crippen LogP contribution in [0.4, 0.5) is 4.79 Å². The molecule has 1 aromatic carbocycles. The van der Waals surface area contributed by atoms with Crippen LogP contribution in [0, 0.1) is 6.92 Å². The highest BCUT2D eigenvalue weighted by Gasteiger charge is 2.28. The summed E-state index contributed by atoms with van der Waals surface area (Å²) >= 11 is 0. The number of fused-ring (bicyclic) bond motifs is 1. The molecule has 6 heteroatoms. The molecular weight excluding hydrogens is 322 g/mol. The molecule has 0 atom stereocenters. The summed E-state index contributed by atoms with van der Waals surface area (Å²) in [5.74, 6) is 2.37. The first-order valence-corrected chi connectivity index (χ1v) is 8.87. The Morgan fingerprint density at radius 2 is 1.84 bits per heavy atom. The van der Waals surface area contributed by atoms with Gasteiger partial charge in [-0.05, 0) is 39.8 Å². The molecule has 6 nitrogen and oxygen atoms in total. The van der Waals surface area contributed by atoms with E-state index in [0.717, 1.165) is 35.7 Å². The number of likely N-dealkylation sites (tertiary alicyclic amines) is 1. The third-order valence-electron chi connectivity index (χ3n) is 4.29. The number of rotatable bonds is 2. The molecule has 25 heavy (non-hydrogen) atoms. The quantitative estimate of drug-likeness (QED) is 0.817. The summed E-state index contributed by atoms with van der Waals surface area (Å²) < 4.78 is 22.9. The number of piperidine rings is 1. The van der Waals surface area contributed by atoms with Crippen LogP contribution in [0.5, 0.6) is 17.2 Å². The number of carbonyl (C=O) groups is 1.